The van der Waals surface area contributed by atoms with E-state index in [1.54, 1.807) is 14.1 Å². The molecule has 0 saturated carbocycles. The van der Waals surface area contributed by atoms with Gasteiger partial charge in [-0.25, -0.2) is 4.79 Å². The summed E-state index contributed by atoms with van der Waals surface area (Å²) in [7, 11) is 3.47. The van der Waals surface area contributed by atoms with Crippen LogP contribution < -0.4 is 10.6 Å². The zero-order valence-electron chi connectivity index (χ0n) is 8.89. The molecule has 4 heteroatoms. The molecular weight excluding hydrogens is 166 g/mol. The lowest BCUT2D eigenvalue weighted by atomic mass is 10.3. The number of carbonyl (C=O) groups is 1. The molecule has 0 aromatic rings. The Hall–Kier alpha value is -0.770. The van der Waals surface area contributed by atoms with E-state index in [1.807, 2.05) is 0 Å². The topological polar surface area (TPSA) is 44.4 Å². The lowest BCUT2D eigenvalue weighted by Gasteiger charge is -2.11. The molecule has 0 saturated heterocycles. The van der Waals surface area contributed by atoms with Crippen molar-refractivity contribution in [1.82, 2.24) is 15.5 Å². The van der Waals surface area contributed by atoms with Crippen LogP contribution in [0.1, 0.15) is 19.8 Å². The van der Waals surface area contributed by atoms with Crippen molar-refractivity contribution in [3.05, 3.63) is 0 Å². The van der Waals surface area contributed by atoms with Crippen LogP contribution in [0.2, 0.25) is 0 Å². The van der Waals surface area contributed by atoms with Crippen LogP contribution in [0.4, 0.5) is 4.79 Å². The van der Waals surface area contributed by atoms with E-state index in [0.717, 1.165) is 13.1 Å². The van der Waals surface area contributed by atoms with Gasteiger partial charge in [0.25, 0.3) is 0 Å². The Labute approximate surface area is 80.7 Å². The molecule has 0 atom stereocenters. The summed E-state index contributed by atoms with van der Waals surface area (Å²) in [5.74, 6) is 0. The third-order valence-electron chi connectivity index (χ3n) is 1.69. The fourth-order valence-corrected chi connectivity index (χ4v) is 0.843. The molecule has 0 aromatic carbocycles. The molecule has 0 aliphatic rings. The van der Waals surface area contributed by atoms with Crippen molar-refractivity contribution >= 4 is 6.03 Å². The minimum Gasteiger partial charge on any atom is -0.337 e. The van der Waals surface area contributed by atoms with Crippen LogP contribution in [-0.4, -0.2) is 44.7 Å². The summed E-state index contributed by atoms with van der Waals surface area (Å²) in [5.41, 5.74) is 0. The molecule has 0 fully saturated rings. The summed E-state index contributed by atoms with van der Waals surface area (Å²) < 4.78 is 0. The van der Waals surface area contributed by atoms with Crippen molar-refractivity contribution < 1.29 is 4.79 Å². The highest BCUT2D eigenvalue weighted by molar-refractivity contribution is 5.73. The highest BCUT2D eigenvalue weighted by Crippen LogP contribution is 1.81. The van der Waals surface area contributed by atoms with Gasteiger partial charge in [0, 0.05) is 27.2 Å². The standard InChI is InChI=1S/C9H21N3O/c1-4-5-6-10-7-8-11-9(13)12(2)3/h10H,4-8H2,1-3H3,(H,11,13). The molecule has 13 heavy (non-hydrogen) atoms. The van der Waals surface area contributed by atoms with E-state index in [2.05, 4.69) is 17.6 Å². The number of unbranched alkanes of at least 4 members (excludes halogenated alkanes) is 1. The monoisotopic (exact) mass is 187 g/mol. The second-order valence-electron chi connectivity index (χ2n) is 3.23. The molecule has 0 aliphatic carbocycles. The Balaban J connectivity index is 3.12. The zero-order chi connectivity index (χ0) is 10.1. The Morgan fingerprint density at radius 2 is 1.92 bits per heavy atom. The lowest BCUT2D eigenvalue weighted by molar-refractivity contribution is 0.217. The predicted molar refractivity (Wildman–Crippen MR) is 54.9 cm³/mol. The van der Waals surface area contributed by atoms with E-state index in [-0.39, 0.29) is 6.03 Å². The number of rotatable bonds is 6. The Morgan fingerprint density at radius 3 is 2.46 bits per heavy atom. The molecular formula is C9H21N3O. The van der Waals surface area contributed by atoms with Crippen LogP contribution >= 0.6 is 0 Å². The van der Waals surface area contributed by atoms with Crippen molar-refractivity contribution in [2.45, 2.75) is 19.8 Å². The fourth-order valence-electron chi connectivity index (χ4n) is 0.843. The van der Waals surface area contributed by atoms with Gasteiger partial charge in [-0.1, -0.05) is 13.3 Å². The lowest BCUT2D eigenvalue weighted by Crippen LogP contribution is -2.38. The SMILES string of the molecule is CCCCNCCNC(=O)N(C)C. The molecule has 0 heterocycles. The maximum absolute atomic E-state index is 11.0. The molecule has 0 radical (unpaired) electrons. The number of amides is 2. The van der Waals surface area contributed by atoms with Crippen LogP contribution in [0, 0.1) is 0 Å². The number of urea groups is 1. The molecule has 2 N–H and O–H groups in total. The van der Waals surface area contributed by atoms with Gasteiger partial charge in [0.2, 0.25) is 0 Å². The van der Waals surface area contributed by atoms with Gasteiger partial charge < -0.3 is 15.5 Å². The minimum atomic E-state index is -0.0303. The molecule has 0 unspecified atom stereocenters. The smallest absolute Gasteiger partial charge is 0.316 e. The Kier molecular flexibility index (Phi) is 7.39. The molecule has 0 aliphatic heterocycles. The van der Waals surface area contributed by atoms with Crippen molar-refractivity contribution in [2.24, 2.45) is 0 Å². The van der Waals surface area contributed by atoms with Crippen LogP contribution in [-0.2, 0) is 0 Å². The van der Waals surface area contributed by atoms with E-state index in [0.29, 0.717) is 6.54 Å². The average molecular weight is 187 g/mol. The number of hydrogen-bond donors (Lipinski definition) is 2. The summed E-state index contributed by atoms with van der Waals surface area (Å²) in [6, 6.07) is -0.0303. The van der Waals surface area contributed by atoms with E-state index in [4.69, 9.17) is 0 Å². The summed E-state index contributed by atoms with van der Waals surface area (Å²) in [6.45, 7) is 4.74. The zero-order valence-corrected chi connectivity index (χ0v) is 8.89. The van der Waals surface area contributed by atoms with Gasteiger partial charge >= 0.3 is 6.03 Å². The van der Waals surface area contributed by atoms with Crippen molar-refractivity contribution in [2.75, 3.05) is 33.7 Å². The first-order valence-corrected chi connectivity index (χ1v) is 4.84. The highest BCUT2D eigenvalue weighted by atomic mass is 16.2. The van der Waals surface area contributed by atoms with E-state index >= 15 is 0 Å². The molecule has 2 amide bonds. The third kappa shape index (κ3) is 7.59. The maximum Gasteiger partial charge on any atom is 0.316 e. The normalized spacial score (nSPS) is 9.77. The predicted octanol–water partition coefficient (Wildman–Crippen LogP) is 0.647. The summed E-state index contributed by atoms with van der Waals surface area (Å²) in [4.78, 5) is 12.6. The first-order valence-electron chi connectivity index (χ1n) is 4.84. The molecule has 78 valence electrons. The van der Waals surface area contributed by atoms with Gasteiger partial charge in [-0.2, -0.15) is 0 Å². The third-order valence-corrected chi connectivity index (χ3v) is 1.69. The van der Waals surface area contributed by atoms with Gasteiger partial charge in [0.05, 0.1) is 0 Å². The number of nitrogens with zero attached hydrogens (tertiary/aromatic N) is 1. The highest BCUT2D eigenvalue weighted by Gasteiger charge is 1.99. The number of nitrogens with one attached hydrogen (secondary N) is 2. The summed E-state index contributed by atoms with van der Waals surface area (Å²) in [6.07, 6.45) is 2.40. The number of carbonyl (C=O) groups excluding carboxylic acids is 1. The van der Waals surface area contributed by atoms with Crippen molar-refractivity contribution in [3.63, 3.8) is 0 Å². The fraction of sp³-hybridized carbons (Fsp3) is 0.889. The maximum atomic E-state index is 11.0. The summed E-state index contributed by atoms with van der Waals surface area (Å²) in [5, 5.41) is 6.03. The Bertz CT molecular complexity index is 137. The molecule has 0 bridgehead atoms. The van der Waals surface area contributed by atoms with Crippen LogP contribution in [0.5, 0.6) is 0 Å². The van der Waals surface area contributed by atoms with Crippen molar-refractivity contribution in [3.8, 4) is 0 Å². The second-order valence-corrected chi connectivity index (χ2v) is 3.23. The minimum absolute atomic E-state index is 0.0303. The quantitative estimate of drug-likeness (QED) is 0.600. The molecule has 0 spiro atoms. The second kappa shape index (κ2) is 7.86. The summed E-state index contributed by atoms with van der Waals surface area (Å²) >= 11 is 0. The Morgan fingerprint density at radius 1 is 1.23 bits per heavy atom. The molecule has 4 nitrogen and oxygen atoms in total. The largest absolute Gasteiger partial charge is 0.337 e. The van der Waals surface area contributed by atoms with Gasteiger partial charge in [-0.05, 0) is 13.0 Å². The van der Waals surface area contributed by atoms with E-state index < -0.39 is 0 Å². The molecule has 0 rings (SSSR count). The van der Waals surface area contributed by atoms with Crippen LogP contribution in [0.15, 0.2) is 0 Å². The van der Waals surface area contributed by atoms with Crippen molar-refractivity contribution in [1.29, 1.82) is 0 Å². The van der Waals surface area contributed by atoms with E-state index in [1.165, 1.54) is 17.7 Å². The first-order chi connectivity index (χ1) is 6.18. The number of hydrogen-bond acceptors (Lipinski definition) is 2. The van der Waals surface area contributed by atoms with Gasteiger partial charge in [0.1, 0.15) is 0 Å². The average Bonchev–Trinajstić information content (AvgIpc) is 2.10. The van der Waals surface area contributed by atoms with Gasteiger partial charge in [-0.3, -0.25) is 0 Å². The molecule has 0 aromatic heterocycles. The first kappa shape index (κ1) is 12.2. The van der Waals surface area contributed by atoms with Gasteiger partial charge in [0.15, 0.2) is 0 Å². The van der Waals surface area contributed by atoms with Gasteiger partial charge in [-0.15, -0.1) is 0 Å². The van der Waals surface area contributed by atoms with E-state index in [9.17, 15) is 4.79 Å². The van der Waals surface area contributed by atoms with Crippen LogP contribution in [0.3, 0.4) is 0 Å². The van der Waals surface area contributed by atoms with Crippen LogP contribution in [0.25, 0.3) is 0 Å².